The van der Waals surface area contributed by atoms with Gasteiger partial charge in [-0.15, -0.1) is 12.8 Å². The van der Waals surface area contributed by atoms with Gasteiger partial charge in [0.1, 0.15) is 34.8 Å². The lowest BCUT2D eigenvalue weighted by Crippen LogP contribution is -2.28. The van der Waals surface area contributed by atoms with E-state index in [0.29, 0.717) is 28.5 Å². The van der Waals surface area contributed by atoms with Crippen molar-refractivity contribution in [2.24, 2.45) is 0 Å². The predicted molar refractivity (Wildman–Crippen MR) is 111 cm³/mol. The van der Waals surface area contributed by atoms with Gasteiger partial charge in [0.15, 0.2) is 11.0 Å². The molecule has 0 aromatic heterocycles. The molecule has 0 saturated heterocycles. The van der Waals surface area contributed by atoms with E-state index in [4.69, 9.17) is 11.6 Å². The molecule has 0 amide bonds. The first-order chi connectivity index (χ1) is 12.9. The third-order valence-corrected chi connectivity index (χ3v) is 6.03. The quantitative estimate of drug-likeness (QED) is 0.366. The minimum Gasteiger partial charge on any atom is -0.285 e. The van der Waals surface area contributed by atoms with Gasteiger partial charge in [-0.25, -0.2) is 13.0 Å². The van der Waals surface area contributed by atoms with Crippen molar-refractivity contribution in [1.29, 1.82) is 0 Å². The average molecular weight is 433 g/mol. The van der Waals surface area contributed by atoms with Crippen molar-refractivity contribution in [3.8, 4) is 12.8 Å². The van der Waals surface area contributed by atoms with E-state index in [9.17, 15) is 17.5 Å². The van der Waals surface area contributed by atoms with Crippen LogP contribution in [-0.2, 0) is 22.2 Å². The first-order valence-electron chi connectivity index (χ1n) is 7.93. The summed E-state index contributed by atoms with van der Waals surface area (Å²) >= 11 is 5.17. The molecule has 0 saturated carbocycles. The fourth-order valence-electron chi connectivity index (χ4n) is 2.21. The second kappa shape index (κ2) is 12.0. The van der Waals surface area contributed by atoms with Crippen LogP contribution in [0, 0.1) is 24.5 Å². The normalized spacial score (nSPS) is 12.6. The molecule has 2 atom stereocenters. The molecule has 0 aliphatic heterocycles. The van der Waals surface area contributed by atoms with Crippen LogP contribution in [0.5, 0.6) is 0 Å². The number of nitrogens with zero attached hydrogens (tertiary/aromatic N) is 1. The maximum atomic E-state index is 14.2. The highest BCUT2D eigenvalue weighted by atomic mass is 35.5. The van der Waals surface area contributed by atoms with Gasteiger partial charge in [0.05, 0.1) is 10.6 Å². The van der Waals surface area contributed by atoms with Crippen LogP contribution in [0.2, 0.25) is 5.02 Å². The maximum absolute atomic E-state index is 14.2. The molecule has 2 rings (SSSR count). The Morgan fingerprint density at radius 2 is 1.78 bits per heavy atom. The molecule has 1 N–H and O–H groups in total. The summed E-state index contributed by atoms with van der Waals surface area (Å²) in [7, 11) is -1.71. The summed E-state index contributed by atoms with van der Waals surface area (Å²) in [5, 5.41) is 0.502. The third kappa shape index (κ3) is 7.51. The van der Waals surface area contributed by atoms with Crippen LogP contribution < -0.4 is 4.31 Å². The summed E-state index contributed by atoms with van der Waals surface area (Å²) in [5.41, 5.74) is -0.0484. The predicted octanol–water partition coefficient (Wildman–Crippen LogP) is 4.90. The molecule has 8 heteroatoms. The lowest BCUT2D eigenvalue weighted by molar-refractivity contribution is 0.597. The van der Waals surface area contributed by atoms with Gasteiger partial charge in [-0.2, -0.15) is 4.55 Å². The molecule has 0 fully saturated rings. The zero-order valence-electron chi connectivity index (χ0n) is 14.8. The Morgan fingerprint density at radius 3 is 2.37 bits per heavy atom. The van der Waals surface area contributed by atoms with Crippen LogP contribution >= 0.6 is 11.6 Å². The Bertz CT molecular complexity index is 770. The van der Waals surface area contributed by atoms with Crippen LogP contribution in [0.3, 0.4) is 0 Å². The molecule has 2 aromatic rings. The van der Waals surface area contributed by atoms with Crippen LogP contribution in [0.4, 0.5) is 14.5 Å². The van der Waals surface area contributed by atoms with Crippen LogP contribution in [-0.4, -0.2) is 27.3 Å². The molecule has 3 nitrogen and oxygen atoms in total. The number of unbranched alkanes of at least 4 members (excludes halogenated alkanes) is 1. The zero-order chi connectivity index (χ0) is 20.4. The van der Waals surface area contributed by atoms with E-state index < -0.39 is 33.8 Å². The minimum atomic E-state index is -1.71. The van der Waals surface area contributed by atoms with Crippen molar-refractivity contribution < 1.29 is 17.5 Å². The largest absolute Gasteiger partial charge is 0.285 e. The topological polar surface area (TPSA) is 40.5 Å². The first-order valence-corrected chi connectivity index (χ1v) is 11.2. The van der Waals surface area contributed by atoms with Crippen molar-refractivity contribution in [3.05, 3.63) is 59.1 Å². The highest BCUT2D eigenvalue weighted by Crippen LogP contribution is 2.26. The van der Waals surface area contributed by atoms with Crippen molar-refractivity contribution in [2.75, 3.05) is 22.9 Å². The Balaban J connectivity index is 0.00000176. The molecule has 0 heterocycles. The molecule has 0 aliphatic rings. The second-order valence-electron chi connectivity index (χ2n) is 5.41. The number of rotatable bonds is 8. The number of terminal acetylenes is 1. The molecular formula is C19H21ClF2NO2S2+. The third-order valence-electron chi connectivity index (χ3n) is 3.44. The van der Waals surface area contributed by atoms with Gasteiger partial charge in [-0.05, 0) is 49.2 Å². The molecule has 0 aliphatic carbocycles. The molecule has 2 aromatic carbocycles. The maximum Gasteiger partial charge on any atom is 0.153 e. The van der Waals surface area contributed by atoms with E-state index in [-0.39, 0.29) is 12.2 Å². The number of hydrogen-bond donors (Lipinski definition) is 1. The van der Waals surface area contributed by atoms with Crippen molar-refractivity contribution in [2.45, 2.75) is 17.7 Å². The van der Waals surface area contributed by atoms with E-state index in [1.165, 1.54) is 4.31 Å². The van der Waals surface area contributed by atoms with E-state index in [1.807, 2.05) is 0 Å². The Kier molecular flexibility index (Phi) is 10.4. The molecule has 0 spiro atoms. The first kappa shape index (κ1) is 23.4. The molecule has 0 radical (unpaired) electrons. The highest BCUT2D eigenvalue weighted by molar-refractivity contribution is 7.90. The molecule has 0 bridgehead atoms. The van der Waals surface area contributed by atoms with E-state index in [1.54, 1.807) is 30.5 Å². The van der Waals surface area contributed by atoms with Gasteiger partial charge in [-0.1, -0.05) is 11.6 Å². The van der Waals surface area contributed by atoms with Crippen LogP contribution in [0.15, 0.2) is 47.4 Å². The Morgan fingerprint density at radius 1 is 1.15 bits per heavy atom. The highest BCUT2D eigenvalue weighted by Gasteiger charge is 2.20. The standard InChI is InChI=1S/C17H19ClF2NO2S2.C2H2/c1-24(22)11-3-2-10-21(17-12-14(19)6-9-16(17)20)25(23)15-7-4-13(18)5-8-15;1-2/h4-9,12,22H,2-3,10-11H2,1H3;1-2H/q+1;. The fourth-order valence-corrected chi connectivity index (χ4v) is 4.20. The van der Waals surface area contributed by atoms with Gasteiger partial charge in [0, 0.05) is 17.6 Å². The molecule has 2 unspecified atom stereocenters. The smallest absolute Gasteiger partial charge is 0.153 e. The molecular weight excluding hydrogens is 412 g/mol. The lowest BCUT2D eigenvalue weighted by atomic mass is 10.2. The molecule has 146 valence electrons. The summed E-state index contributed by atoms with van der Waals surface area (Å²) in [6.45, 7) is 0.271. The van der Waals surface area contributed by atoms with E-state index in [0.717, 1.165) is 18.2 Å². The number of hydrogen-bond acceptors (Lipinski definition) is 2. The SMILES string of the molecule is C#C.C[S+](O)CCCCN(c1cc(F)ccc1F)S(=O)c1ccc(Cl)cc1. The van der Waals surface area contributed by atoms with Crippen molar-refractivity contribution >= 4 is 39.4 Å². The average Bonchev–Trinajstić information content (AvgIpc) is 2.65. The summed E-state index contributed by atoms with van der Waals surface area (Å²) < 4.78 is 51.4. The molecule has 27 heavy (non-hydrogen) atoms. The summed E-state index contributed by atoms with van der Waals surface area (Å²) in [4.78, 5) is 0.450. The van der Waals surface area contributed by atoms with Crippen molar-refractivity contribution in [3.63, 3.8) is 0 Å². The number of anilines is 1. The number of benzene rings is 2. The lowest BCUT2D eigenvalue weighted by Gasteiger charge is -2.24. The minimum absolute atomic E-state index is 0.0484. The second-order valence-corrected chi connectivity index (χ2v) is 8.87. The number of halogens is 3. The van der Waals surface area contributed by atoms with Gasteiger partial charge in [0.2, 0.25) is 0 Å². The summed E-state index contributed by atoms with van der Waals surface area (Å²) in [5.74, 6) is -0.617. The van der Waals surface area contributed by atoms with Crippen molar-refractivity contribution in [1.82, 2.24) is 0 Å². The van der Waals surface area contributed by atoms with Gasteiger partial charge >= 0.3 is 0 Å². The zero-order valence-corrected chi connectivity index (χ0v) is 17.2. The van der Waals surface area contributed by atoms with Gasteiger partial charge < -0.3 is 0 Å². The Labute approximate surface area is 169 Å². The monoisotopic (exact) mass is 432 g/mol. The Hall–Kier alpha value is -1.59. The fraction of sp³-hybridized carbons (Fsp3) is 0.263. The van der Waals surface area contributed by atoms with Crippen LogP contribution in [0.1, 0.15) is 12.8 Å². The summed E-state index contributed by atoms with van der Waals surface area (Å²) in [6, 6.07) is 9.48. The van der Waals surface area contributed by atoms with Crippen LogP contribution in [0.25, 0.3) is 0 Å². The van der Waals surface area contributed by atoms with E-state index >= 15 is 0 Å². The van der Waals surface area contributed by atoms with Gasteiger partial charge in [-0.3, -0.25) is 4.31 Å². The van der Waals surface area contributed by atoms with Gasteiger partial charge in [0.25, 0.3) is 0 Å². The summed E-state index contributed by atoms with van der Waals surface area (Å²) in [6.07, 6.45) is 11.0. The van der Waals surface area contributed by atoms with E-state index in [2.05, 4.69) is 12.8 Å².